The number of benzene rings is 1. The summed E-state index contributed by atoms with van der Waals surface area (Å²) in [5, 5.41) is 12.0. The number of anilines is 2. The van der Waals surface area contributed by atoms with E-state index in [9.17, 15) is 19.1 Å². The van der Waals surface area contributed by atoms with Gasteiger partial charge in [0.15, 0.2) is 16.7 Å². The van der Waals surface area contributed by atoms with Crippen molar-refractivity contribution in [1.82, 2.24) is 9.97 Å². The largest absolute Gasteiger partial charge is 0.488 e. The van der Waals surface area contributed by atoms with Crippen molar-refractivity contribution in [1.29, 1.82) is 0 Å². The summed E-state index contributed by atoms with van der Waals surface area (Å²) in [4.78, 5) is 38.8. The normalized spacial score (nSPS) is 18.0. The van der Waals surface area contributed by atoms with E-state index in [1.807, 2.05) is 23.4 Å². The van der Waals surface area contributed by atoms with Gasteiger partial charge < -0.3 is 19.5 Å². The van der Waals surface area contributed by atoms with Gasteiger partial charge in [-0.2, -0.15) is 0 Å². The van der Waals surface area contributed by atoms with Gasteiger partial charge in [0.05, 0.1) is 18.7 Å². The molecule has 1 aliphatic carbocycles. The lowest BCUT2D eigenvalue weighted by Crippen LogP contribution is -2.40. The topological polar surface area (TPSA) is 105 Å². The van der Waals surface area contributed by atoms with Crippen LogP contribution < -0.4 is 14.5 Å². The van der Waals surface area contributed by atoms with E-state index in [-0.39, 0.29) is 24.3 Å². The standard InChI is InChI=1S/C30H33FN4O5S/c1-34-8-11-40-26-13-20(16-32-28(26)34)23-5-2-21(31)15-24(23)25-17-41-30(33-25)35(22-3-4-22)29(38)19(14-27(36)37)12-18-6-9-39-10-7-18/h2,5,13,15-19,22H,3-4,6-12,14H2,1H3,(H,36,37). The summed E-state index contributed by atoms with van der Waals surface area (Å²) in [5.74, 6) is -0.513. The fourth-order valence-corrected chi connectivity index (χ4v) is 6.58. The van der Waals surface area contributed by atoms with Crippen LogP contribution in [0.4, 0.5) is 15.3 Å². The molecule has 11 heteroatoms. The lowest BCUT2D eigenvalue weighted by Gasteiger charge is -2.29. The second-order valence-electron chi connectivity index (χ2n) is 11.0. The number of carboxylic acid groups (broad SMARTS) is 1. The van der Waals surface area contributed by atoms with Crippen molar-refractivity contribution < 1.29 is 28.6 Å². The van der Waals surface area contributed by atoms with Gasteiger partial charge in [-0.15, -0.1) is 11.3 Å². The molecular weight excluding hydrogens is 547 g/mol. The van der Waals surface area contributed by atoms with Gasteiger partial charge in [-0.3, -0.25) is 14.5 Å². The summed E-state index contributed by atoms with van der Waals surface area (Å²) >= 11 is 1.32. The van der Waals surface area contributed by atoms with Crippen LogP contribution in [-0.4, -0.2) is 66.4 Å². The Morgan fingerprint density at radius 2 is 1.98 bits per heavy atom. The predicted octanol–water partition coefficient (Wildman–Crippen LogP) is 5.24. The highest BCUT2D eigenvalue weighted by Crippen LogP contribution is 2.41. The minimum atomic E-state index is -0.982. The molecule has 6 rings (SSSR count). The first-order valence-electron chi connectivity index (χ1n) is 14.1. The van der Waals surface area contributed by atoms with E-state index < -0.39 is 17.7 Å². The molecule has 4 heterocycles. The second kappa shape index (κ2) is 11.7. The molecule has 2 aliphatic heterocycles. The van der Waals surface area contributed by atoms with E-state index in [2.05, 4.69) is 4.98 Å². The first-order chi connectivity index (χ1) is 19.9. The number of carboxylic acids is 1. The maximum absolute atomic E-state index is 14.6. The van der Waals surface area contributed by atoms with Crippen LogP contribution >= 0.6 is 11.3 Å². The highest BCUT2D eigenvalue weighted by atomic mass is 32.1. The zero-order valence-electron chi connectivity index (χ0n) is 22.9. The van der Waals surface area contributed by atoms with E-state index in [0.29, 0.717) is 48.4 Å². The first-order valence-corrected chi connectivity index (χ1v) is 15.0. The molecule has 9 nitrogen and oxygen atoms in total. The van der Waals surface area contributed by atoms with Crippen LogP contribution in [0.5, 0.6) is 5.75 Å². The van der Waals surface area contributed by atoms with Crippen LogP contribution in [0.3, 0.4) is 0 Å². The molecular formula is C30H33FN4O5S. The number of ether oxygens (including phenoxy) is 2. The molecule has 0 spiro atoms. The number of halogens is 1. The summed E-state index contributed by atoms with van der Waals surface area (Å²) in [6.45, 7) is 2.59. The third kappa shape index (κ3) is 6.06. The number of likely N-dealkylation sites (N-methyl/N-ethyl adjacent to an activating group) is 1. The Hall–Kier alpha value is -3.57. The summed E-state index contributed by atoms with van der Waals surface area (Å²) in [6.07, 6.45) is 5.41. The highest BCUT2D eigenvalue weighted by Gasteiger charge is 2.40. The Kier molecular flexibility index (Phi) is 7.90. The Balaban J connectivity index is 1.31. The fraction of sp³-hybridized carbons (Fsp3) is 0.467. The summed E-state index contributed by atoms with van der Waals surface area (Å²) in [5.41, 5.74) is 2.67. The number of rotatable bonds is 9. The summed E-state index contributed by atoms with van der Waals surface area (Å²) in [7, 11) is 1.96. The van der Waals surface area contributed by atoms with Crippen LogP contribution in [0.2, 0.25) is 0 Å². The van der Waals surface area contributed by atoms with Crippen LogP contribution in [0.1, 0.15) is 38.5 Å². The SMILES string of the molecule is CN1CCOc2cc(-c3ccc(F)cc3-c3csc(N(C(=O)C(CC(=O)O)CC4CCOCC4)C4CC4)n3)cnc21. The number of nitrogens with zero attached hydrogens (tertiary/aromatic N) is 4. The molecule has 0 radical (unpaired) electrons. The Labute approximate surface area is 241 Å². The van der Waals surface area contributed by atoms with Gasteiger partial charge in [-0.25, -0.2) is 14.4 Å². The van der Waals surface area contributed by atoms with E-state index in [1.54, 1.807) is 17.2 Å². The zero-order valence-corrected chi connectivity index (χ0v) is 23.7. The average molecular weight is 581 g/mol. The van der Waals surface area contributed by atoms with Crippen molar-refractivity contribution in [3.63, 3.8) is 0 Å². The van der Waals surface area contributed by atoms with Crippen molar-refractivity contribution in [2.45, 2.75) is 44.6 Å². The first kappa shape index (κ1) is 27.6. The summed E-state index contributed by atoms with van der Waals surface area (Å²) in [6, 6.07) is 6.47. The third-order valence-electron chi connectivity index (χ3n) is 8.02. The van der Waals surface area contributed by atoms with Crippen molar-refractivity contribution in [3.05, 3.63) is 41.7 Å². The van der Waals surface area contributed by atoms with Crippen molar-refractivity contribution in [3.8, 4) is 28.1 Å². The minimum absolute atomic E-state index is 0.00144. The Morgan fingerprint density at radius 1 is 1.17 bits per heavy atom. The van der Waals surface area contributed by atoms with Crippen LogP contribution in [-0.2, 0) is 14.3 Å². The highest BCUT2D eigenvalue weighted by molar-refractivity contribution is 7.14. The van der Waals surface area contributed by atoms with Gasteiger partial charge in [0.1, 0.15) is 12.4 Å². The third-order valence-corrected chi connectivity index (χ3v) is 8.86. The number of aromatic nitrogens is 2. The molecule has 41 heavy (non-hydrogen) atoms. The number of carbonyl (C=O) groups is 2. The molecule has 0 bridgehead atoms. The molecule has 1 aromatic carbocycles. The molecule has 3 aromatic rings. The van der Waals surface area contributed by atoms with E-state index in [1.165, 1.54) is 23.5 Å². The van der Waals surface area contributed by atoms with Gasteiger partial charge in [0.2, 0.25) is 5.91 Å². The van der Waals surface area contributed by atoms with Crippen LogP contribution in [0.15, 0.2) is 35.8 Å². The van der Waals surface area contributed by atoms with Gasteiger partial charge in [-0.05, 0) is 61.8 Å². The molecule has 1 saturated carbocycles. The lowest BCUT2D eigenvalue weighted by atomic mass is 9.86. The molecule has 216 valence electrons. The van der Waals surface area contributed by atoms with Gasteiger partial charge >= 0.3 is 5.97 Å². The number of amides is 1. The Morgan fingerprint density at radius 3 is 2.73 bits per heavy atom. The minimum Gasteiger partial charge on any atom is -0.488 e. The van der Waals surface area contributed by atoms with Gasteiger partial charge in [-0.1, -0.05) is 6.07 Å². The zero-order chi connectivity index (χ0) is 28.5. The number of hydrogen-bond acceptors (Lipinski definition) is 8. The molecule has 1 saturated heterocycles. The van der Waals surface area contributed by atoms with Crippen molar-refractivity contribution in [2.24, 2.45) is 11.8 Å². The molecule has 1 atom stereocenters. The fourth-order valence-electron chi connectivity index (χ4n) is 5.68. The molecule has 1 amide bonds. The number of carbonyl (C=O) groups excluding carboxylic acids is 1. The maximum Gasteiger partial charge on any atom is 0.304 e. The van der Waals surface area contributed by atoms with Crippen LogP contribution in [0, 0.1) is 17.7 Å². The number of aliphatic carboxylic acids is 1. The summed E-state index contributed by atoms with van der Waals surface area (Å²) < 4.78 is 25.8. The molecule has 2 fully saturated rings. The predicted molar refractivity (Wildman–Crippen MR) is 154 cm³/mol. The molecule has 2 aromatic heterocycles. The number of thiazole rings is 1. The Bertz CT molecular complexity index is 1440. The molecule has 1 N–H and O–H groups in total. The number of pyridine rings is 1. The number of fused-ring (bicyclic) bond motifs is 1. The maximum atomic E-state index is 14.6. The van der Waals surface area contributed by atoms with Crippen LogP contribution in [0.25, 0.3) is 22.4 Å². The smallest absolute Gasteiger partial charge is 0.304 e. The van der Waals surface area contributed by atoms with Gasteiger partial charge in [0.25, 0.3) is 0 Å². The lowest BCUT2D eigenvalue weighted by molar-refractivity contribution is -0.141. The van der Waals surface area contributed by atoms with Gasteiger partial charge in [0, 0.05) is 54.9 Å². The van der Waals surface area contributed by atoms with E-state index >= 15 is 0 Å². The second-order valence-corrected chi connectivity index (χ2v) is 11.9. The molecule has 3 aliphatic rings. The van der Waals surface area contributed by atoms with E-state index in [4.69, 9.17) is 14.5 Å². The van der Waals surface area contributed by atoms with E-state index in [0.717, 1.165) is 49.2 Å². The van der Waals surface area contributed by atoms with Crippen molar-refractivity contribution >= 4 is 34.2 Å². The monoisotopic (exact) mass is 580 g/mol. The van der Waals surface area contributed by atoms with Crippen molar-refractivity contribution in [2.75, 3.05) is 43.2 Å². The average Bonchev–Trinajstić information content (AvgIpc) is 3.68. The quantitative estimate of drug-likeness (QED) is 0.366. The number of hydrogen-bond donors (Lipinski definition) is 1. The molecule has 1 unspecified atom stereocenters.